The summed E-state index contributed by atoms with van der Waals surface area (Å²) in [7, 11) is -2.20. The summed E-state index contributed by atoms with van der Waals surface area (Å²) >= 11 is 0. The summed E-state index contributed by atoms with van der Waals surface area (Å²) in [5, 5.41) is 9.01. The lowest BCUT2D eigenvalue weighted by atomic mass is 10.2. The molecule has 0 radical (unpaired) electrons. The number of rotatable bonds is 4. The van der Waals surface area contributed by atoms with Crippen LogP contribution >= 0.6 is 0 Å². The molecular weight excluding hydrogens is 274 g/mol. The molecule has 2 rings (SSSR count). The van der Waals surface area contributed by atoms with Gasteiger partial charge in [0.15, 0.2) is 0 Å². The van der Waals surface area contributed by atoms with Crippen LogP contribution in [-0.4, -0.2) is 24.8 Å². The van der Waals surface area contributed by atoms with Crippen molar-refractivity contribution in [3.05, 3.63) is 59.9 Å². The van der Waals surface area contributed by atoms with E-state index < -0.39 is 10.0 Å². The van der Waals surface area contributed by atoms with Crippen LogP contribution in [0.5, 0.6) is 0 Å². The largest absolute Gasteiger partial charge is 0.265 e. The SMILES string of the molecule is CN(Cc1ccncc1)S(=O)(=O)c1ccccc1C#N. The molecule has 0 unspecified atom stereocenters. The molecule has 20 heavy (non-hydrogen) atoms. The zero-order valence-electron chi connectivity index (χ0n) is 10.9. The molecule has 0 spiro atoms. The lowest BCUT2D eigenvalue weighted by Crippen LogP contribution is -2.27. The van der Waals surface area contributed by atoms with Crippen molar-refractivity contribution < 1.29 is 8.42 Å². The number of sulfonamides is 1. The molecule has 1 heterocycles. The van der Waals surface area contributed by atoms with E-state index in [1.54, 1.807) is 36.7 Å². The number of pyridine rings is 1. The Morgan fingerprint density at radius 3 is 2.50 bits per heavy atom. The first-order chi connectivity index (χ1) is 9.55. The molecule has 1 aromatic heterocycles. The number of hydrogen-bond acceptors (Lipinski definition) is 4. The highest BCUT2D eigenvalue weighted by Gasteiger charge is 2.23. The van der Waals surface area contributed by atoms with E-state index in [1.807, 2.05) is 6.07 Å². The zero-order chi connectivity index (χ0) is 14.6. The summed E-state index contributed by atoms with van der Waals surface area (Å²) in [6, 6.07) is 11.6. The van der Waals surface area contributed by atoms with Gasteiger partial charge >= 0.3 is 0 Å². The summed E-state index contributed by atoms with van der Waals surface area (Å²) in [5.41, 5.74) is 0.981. The van der Waals surface area contributed by atoms with E-state index in [2.05, 4.69) is 4.98 Å². The predicted molar refractivity (Wildman–Crippen MR) is 74.0 cm³/mol. The average molecular weight is 287 g/mol. The number of nitrogens with zero attached hydrogens (tertiary/aromatic N) is 3. The van der Waals surface area contributed by atoms with Crippen molar-refractivity contribution in [2.75, 3.05) is 7.05 Å². The normalized spacial score (nSPS) is 11.2. The third-order valence-corrected chi connectivity index (χ3v) is 4.71. The number of nitriles is 1. The van der Waals surface area contributed by atoms with Gasteiger partial charge in [0.25, 0.3) is 0 Å². The van der Waals surface area contributed by atoms with E-state index >= 15 is 0 Å². The molecule has 0 aliphatic carbocycles. The van der Waals surface area contributed by atoms with Gasteiger partial charge in [0, 0.05) is 26.0 Å². The van der Waals surface area contributed by atoms with Crippen molar-refractivity contribution in [3.8, 4) is 6.07 Å². The van der Waals surface area contributed by atoms with Crippen molar-refractivity contribution in [1.82, 2.24) is 9.29 Å². The highest BCUT2D eigenvalue weighted by atomic mass is 32.2. The molecule has 2 aromatic rings. The number of hydrogen-bond donors (Lipinski definition) is 0. The fourth-order valence-corrected chi connectivity index (χ4v) is 3.08. The molecule has 0 atom stereocenters. The van der Waals surface area contributed by atoms with Crippen molar-refractivity contribution in [2.24, 2.45) is 0 Å². The second-order valence-corrected chi connectivity index (χ2v) is 6.24. The van der Waals surface area contributed by atoms with Crippen LogP contribution in [0.3, 0.4) is 0 Å². The Morgan fingerprint density at radius 1 is 1.20 bits per heavy atom. The second kappa shape index (κ2) is 5.82. The summed E-state index contributed by atoms with van der Waals surface area (Å²) in [4.78, 5) is 3.92. The van der Waals surface area contributed by atoms with Gasteiger partial charge in [-0.25, -0.2) is 8.42 Å². The predicted octanol–water partition coefficient (Wildman–Crippen LogP) is 1.77. The summed E-state index contributed by atoms with van der Waals surface area (Å²) < 4.78 is 26.2. The fourth-order valence-electron chi connectivity index (χ4n) is 1.78. The van der Waals surface area contributed by atoms with Crippen molar-refractivity contribution >= 4 is 10.0 Å². The van der Waals surface area contributed by atoms with Crippen LogP contribution in [0.2, 0.25) is 0 Å². The van der Waals surface area contributed by atoms with Crippen LogP contribution in [-0.2, 0) is 16.6 Å². The standard InChI is InChI=1S/C14H13N3O2S/c1-17(11-12-6-8-16-9-7-12)20(18,19)14-5-3-2-4-13(14)10-15/h2-9H,11H2,1H3. The van der Waals surface area contributed by atoms with Crippen molar-refractivity contribution in [3.63, 3.8) is 0 Å². The average Bonchev–Trinajstić information content (AvgIpc) is 2.48. The fraction of sp³-hybridized carbons (Fsp3) is 0.143. The molecule has 0 amide bonds. The van der Waals surface area contributed by atoms with Gasteiger partial charge in [-0.2, -0.15) is 9.57 Å². The number of aromatic nitrogens is 1. The van der Waals surface area contributed by atoms with Gasteiger partial charge in [-0.15, -0.1) is 0 Å². The maximum atomic E-state index is 12.5. The zero-order valence-corrected chi connectivity index (χ0v) is 11.7. The van der Waals surface area contributed by atoms with E-state index in [1.165, 1.54) is 23.5 Å². The maximum Gasteiger partial charge on any atom is 0.244 e. The van der Waals surface area contributed by atoms with Crippen LogP contribution < -0.4 is 0 Å². The topological polar surface area (TPSA) is 74.1 Å². The van der Waals surface area contributed by atoms with Gasteiger partial charge in [-0.3, -0.25) is 4.98 Å². The Balaban J connectivity index is 2.33. The number of benzene rings is 1. The minimum Gasteiger partial charge on any atom is -0.265 e. The van der Waals surface area contributed by atoms with Crippen molar-refractivity contribution in [1.29, 1.82) is 5.26 Å². The summed E-state index contributed by atoms with van der Waals surface area (Å²) in [6.07, 6.45) is 3.22. The maximum absolute atomic E-state index is 12.5. The highest BCUT2D eigenvalue weighted by molar-refractivity contribution is 7.89. The highest BCUT2D eigenvalue weighted by Crippen LogP contribution is 2.20. The third-order valence-electron chi connectivity index (χ3n) is 2.85. The molecule has 0 N–H and O–H groups in total. The van der Waals surface area contributed by atoms with E-state index in [0.717, 1.165) is 5.56 Å². The lowest BCUT2D eigenvalue weighted by molar-refractivity contribution is 0.466. The van der Waals surface area contributed by atoms with Crippen LogP contribution in [0.25, 0.3) is 0 Å². The summed E-state index contributed by atoms with van der Waals surface area (Å²) in [6.45, 7) is 0.227. The molecular formula is C14H13N3O2S. The minimum atomic E-state index is -3.69. The molecule has 0 saturated heterocycles. The monoisotopic (exact) mass is 287 g/mol. The van der Waals surface area contributed by atoms with E-state index in [0.29, 0.717) is 0 Å². The molecule has 0 bridgehead atoms. The van der Waals surface area contributed by atoms with E-state index in [4.69, 9.17) is 5.26 Å². The lowest BCUT2D eigenvalue weighted by Gasteiger charge is -2.17. The molecule has 5 nitrogen and oxygen atoms in total. The smallest absolute Gasteiger partial charge is 0.244 e. The second-order valence-electron chi connectivity index (χ2n) is 4.22. The first-order valence-corrected chi connectivity index (χ1v) is 7.34. The first kappa shape index (κ1) is 14.2. The Morgan fingerprint density at radius 2 is 1.85 bits per heavy atom. The molecule has 102 valence electrons. The third kappa shape index (κ3) is 2.85. The van der Waals surface area contributed by atoms with Gasteiger partial charge < -0.3 is 0 Å². The van der Waals surface area contributed by atoms with Gasteiger partial charge in [-0.1, -0.05) is 12.1 Å². The Hall–Kier alpha value is -2.23. The quantitative estimate of drug-likeness (QED) is 0.859. The molecule has 0 saturated carbocycles. The molecule has 6 heteroatoms. The van der Waals surface area contributed by atoms with E-state index in [9.17, 15) is 8.42 Å². The van der Waals surface area contributed by atoms with Crippen LogP contribution in [0.15, 0.2) is 53.7 Å². The van der Waals surface area contributed by atoms with Gasteiger partial charge in [0.2, 0.25) is 10.0 Å². The van der Waals surface area contributed by atoms with Crippen LogP contribution in [0.1, 0.15) is 11.1 Å². The molecule has 0 aliphatic rings. The Bertz CT molecular complexity index is 737. The molecule has 1 aromatic carbocycles. The first-order valence-electron chi connectivity index (χ1n) is 5.90. The van der Waals surface area contributed by atoms with Gasteiger partial charge in [-0.05, 0) is 29.8 Å². The van der Waals surface area contributed by atoms with Crippen molar-refractivity contribution in [2.45, 2.75) is 11.4 Å². The minimum absolute atomic E-state index is 0.0269. The summed E-state index contributed by atoms with van der Waals surface area (Å²) in [5.74, 6) is 0. The van der Waals surface area contributed by atoms with Crippen LogP contribution in [0, 0.1) is 11.3 Å². The molecule has 0 aliphatic heterocycles. The Kier molecular flexibility index (Phi) is 4.13. The van der Waals surface area contributed by atoms with Gasteiger partial charge in [0.05, 0.1) is 10.5 Å². The Labute approximate surface area is 118 Å². The molecule has 0 fully saturated rings. The van der Waals surface area contributed by atoms with Crippen LogP contribution in [0.4, 0.5) is 0 Å². The van der Waals surface area contributed by atoms with Gasteiger partial charge in [0.1, 0.15) is 6.07 Å². The van der Waals surface area contributed by atoms with E-state index in [-0.39, 0.29) is 17.0 Å².